The summed E-state index contributed by atoms with van der Waals surface area (Å²) in [4.78, 5) is 17.3. The first-order valence-electron chi connectivity index (χ1n) is 9.66. The number of ether oxygens (including phenoxy) is 2. The molecule has 0 aliphatic heterocycles. The van der Waals surface area contributed by atoms with Crippen LogP contribution in [-0.4, -0.2) is 54.4 Å². The van der Waals surface area contributed by atoms with Crippen molar-refractivity contribution in [2.24, 2.45) is 0 Å². The largest absolute Gasteiger partial charge is 0.493 e. The van der Waals surface area contributed by atoms with Crippen LogP contribution < -0.4 is 15.2 Å². The number of methoxy groups -OCH3 is 1. The van der Waals surface area contributed by atoms with Gasteiger partial charge in [0.05, 0.1) is 36.1 Å². The van der Waals surface area contributed by atoms with Crippen LogP contribution in [0.4, 0.5) is 13.2 Å². The lowest BCUT2D eigenvalue weighted by atomic mass is 10.1. The van der Waals surface area contributed by atoms with Crippen molar-refractivity contribution < 1.29 is 31.1 Å². The fourth-order valence-corrected chi connectivity index (χ4v) is 4.58. The van der Waals surface area contributed by atoms with Gasteiger partial charge in [-0.3, -0.25) is 9.13 Å². The zero-order valence-corrected chi connectivity index (χ0v) is 19.5. The number of sulfone groups is 1. The highest BCUT2D eigenvalue weighted by Crippen LogP contribution is 2.33. The molecule has 3 aromatic rings. The number of halogens is 4. The molecule has 0 radical (unpaired) electrons. The van der Waals surface area contributed by atoms with Gasteiger partial charge in [0, 0.05) is 12.5 Å². The molecule has 0 aliphatic carbocycles. The second-order valence-corrected chi connectivity index (χ2v) is 9.92. The number of nitrogens with zero attached hydrogens (tertiary/aromatic N) is 3. The summed E-state index contributed by atoms with van der Waals surface area (Å²) in [5.41, 5.74) is -1.05. The second-order valence-electron chi connectivity index (χ2n) is 7.30. The molecule has 0 fully saturated rings. The topological polar surface area (TPSA) is 92.4 Å². The maximum atomic E-state index is 13.2. The summed E-state index contributed by atoms with van der Waals surface area (Å²) < 4.78 is 76.4. The van der Waals surface area contributed by atoms with E-state index < -0.39 is 40.0 Å². The van der Waals surface area contributed by atoms with E-state index in [1.165, 1.54) is 37.6 Å². The van der Waals surface area contributed by atoms with Crippen molar-refractivity contribution in [1.29, 1.82) is 0 Å². The summed E-state index contributed by atoms with van der Waals surface area (Å²) in [6.45, 7) is 0.431. The van der Waals surface area contributed by atoms with Gasteiger partial charge in [0.25, 0.3) is 0 Å². The molecule has 13 heteroatoms. The molecule has 1 unspecified atom stereocenters. The molecule has 0 saturated heterocycles. The quantitative estimate of drug-likeness (QED) is 0.463. The fourth-order valence-electron chi connectivity index (χ4n) is 3.52. The average molecular weight is 508 g/mol. The summed E-state index contributed by atoms with van der Waals surface area (Å²) in [5, 5.41) is 0.0262. The lowest BCUT2D eigenvalue weighted by molar-refractivity contribution is -0.140. The molecule has 180 valence electrons. The number of benzene rings is 1. The van der Waals surface area contributed by atoms with Crippen LogP contribution in [0.25, 0.3) is 11.2 Å². The third-order valence-corrected chi connectivity index (χ3v) is 5.88. The third-order valence-electron chi connectivity index (χ3n) is 4.75. The Kier molecular flexibility index (Phi) is 6.99. The van der Waals surface area contributed by atoms with Crippen LogP contribution in [0.1, 0.15) is 18.5 Å². The van der Waals surface area contributed by atoms with Crippen molar-refractivity contribution in [3.63, 3.8) is 0 Å². The van der Waals surface area contributed by atoms with Gasteiger partial charge in [-0.05, 0) is 30.7 Å². The minimum atomic E-state index is -4.71. The molecular formula is C20H21ClF3N3O5S. The zero-order chi connectivity index (χ0) is 24.6. The van der Waals surface area contributed by atoms with E-state index in [0.29, 0.717) is 21.6 Å². The average Bonchev–Trinajstić information content (AvgIpc) is 2.95. The van der Waals surface area contributed by atoms with Gasteiger partial charge in [-0.1, -0.05) is 17.7 Å². The van der Waals surface area contributed by atoms with Crippen LogP contribution >= 0.6 is 11.6 Å². The van der Waals surface area contributed by atoms with Crippen molar-refractivity contribution >= 4 is 32.6 Å². The molecule has 3 rings (SSSR count). The van der Waals surface area contributed by atoms with Crippen LogP contribution in [0.2, 0.25) is 5.02 Å². The Hall–Kier alpha value is -2.73. The number of aromatic nitrogens is 3. The number of hydrogen-bond acceptors (Lipinski definition) is 6. The van der Waals surface area contributed by atoms with E-state index in [1.54, 1.807) is 6.92 Å². The number of imidazole rings is 1. The predicted molar refractivity (Wildman–Crippen MR) is 117 cm³/mol. The third kappa shape index (κ3) is 5.61. The first-order valence-corrected chi connectivity index (χ1v) is 12.1. The monoisotopic (exact) mass is 507 g/mol. The highest BCUT2D eigenvalue weighted by Gasteiger charge is 2.33. The minimum Gasteiger partial charge on any atom is -0.493 e. The van der Waals surface area contributed by atoms with Crippen molar-refractivity contribution in [3.8, 4) is 11.5 Å². The van der Waals surface area contributed by atoms with Crippen LogP contribution in [0.15, 0.2) is 35.3 Å². The number of fused-ring (bicyclic) bond motifs is 1. The van der Waals surface area contributed by atoms with Crippen molar-refractivity contribution in [3.05, 3.63) is 51.5 Å². The maximum Gasteiger partial charge on any atom is 0.406 e. The van der Waals surface area contributed by atoms with Crippen molar-refractivity contribution in [2.45, 2.75) is 25.7 Å². The van der Waals surface area contributed by atoms with Gasteiger partial charge in [0.15, 0.2) is 17.1 Å². The van der Waals surface area contributed by atoms with Crippen LogP contribution in [0.3, 0.4) is 0 Å². The summed E-state index contributed by atoms with van der Waals surface area (Å²) in [7, 11) is -2.27. The number of rotatable bonds is 8. The van der Waals surface area contributed by atoms with E-state index >= 15 is 0 Å². The highest BCUT2D eigenvalue weighted by atomic mass is 35.5. The van der Waals surface area contributed by atoms with E-state index in [9.17, 15) is 26.4 Å². The number of alkyl halides is 3. The van der Waals surface area contributed by atoms with Gasteiger partial charge in [-0.2, -0.15) is 13.2 Å². The zero-order valence-electron chi connectivity index (χ0n) is 17.9. The summed E-state index contributed by atoms with van der Waals surface area (Å²) in [6.07, 6.45) is -2.56. The predicted octanol–water partition coefficient (Wildman–Crippen LogP) is 3.46. The molecule has 1 aromatic carbocycles. The van der Waals surface area contributed by atoms with Crippen LogP contribution in [0, 0.1) is 0 Å². The van der Waals surface area contributed by atoms with Gasteiger partial charge >= 0.3 is 11.9 Å². The van der Waals surface area contributed by atoms with Crippen molar-refractivity contribution in [1.82, 2.24) is 14.1 Å². The lowest BCUT2D eigenvalue weighted by Crippen LogP contribution is -2.34. The van der Waals surface area contributed by atoms with Gasteiger partial charge in [0.2, 0.25) is 0 Å². The van der Waals surface area contributed by atoms with Gasteiger partial charge in [0.1, 0.15) is 16.4 Å². The fraction of sp³-hybridized carbons (Fsp3) is 0.400. The normalized spacial score (nSPS) is 13.3. The van der Waals surface area contributed by atoms with Gasteiger partial charge in [-0.15, -0.1) is 0 Å². The lowest BCUT2D eigenvalue weighted by Gasteiger charge is -2.20. The standard InChI is InChI=1S/C20H21ClF3N3O5S/c1-4-32-17-7-12(5-6-16(17)31-2)15(10-33(3,29)30)27-18-14(8-13(21)9-25-18)26(19(27)28)11-20(22,23)24/h5-9,15H,4,10-11H2,1-3H3. The smallest absolute Gasteiger partial charge is 0.406 e. The SMILES string of the molecule is CCOc1cc(C(CS(C)(=O)=O)n2c(=O)n(CC(F)(F)F)c3cc(Cl)cnc32)ccc1OC. The van der Waals surface area contributed by atoms with Crippen molar-refractivity contribution in [2.75, 3.05) is 25.7 Å². The molecule has 8 nitrogen and oxygen atoms in total. The van der Waals surface area contributed by atoms with Crippen LogP contribution in [-0.2, 0) is 16.4 Å². The Labute approximate surface area is 192 Å². The Morgan fingerprint density at radius 3 is 2.48 bits per heavy atom. The Morgan fingerprint density at radius 1 is 1.21 bits per heavy atom. The molecule has 1 atom stereocenters. The number of pyridine rings is 1. The van der Waals surface area contributed by atoms with Gasteiger partial charge < -0.3 is 9.47 Å². The van der Waals surface area contributed by atoms with E-state index in [1.807, 2.05) is 0 Å². The molecule has 0 bridgehead atoms. The first-order chi connectivity index (χ1) is 15.3. The van der Waals surface area contributed by atoms with Gasteiger partial charge in [-0.25, -0.2) is 18.2 Å². The highest BCUT2D eigenvalue weighted by molar-refractivity contribution is 7.90. The van der Waals surface area contributed by atoms with E-state index in [2.05, 4.69) is 4.98 Å². The molecule has 0 spiro atoms. The molecule has 0 saturated carbocycles. The Bertz CT molecular complexity index is 1340. The first kappa shape index (κ1) is 24.9. The molecule has 2 heterocycles. The van der Waals surface area contributed by atoms with E-state index in [-0.39, 0.29) is 22.8 Å². The Morgan fingerprint density at radius 2 is 1.91 bits per heavy atom. The molecule has 0 amide bonds. The number of hydrogen-bond donors (Lipinski definition) is 0. The molecule has 33 heavy (non-hydrogen) atoms. The second kappa shape index (κ2) is 9.26. The molecule has 2 aromatic heterocycles. The minimum absolute atomic E-state index is 0.0262. The summed E-state index contributed by atoms with van der Waals surface area (Å²) >= 11 is 5.92. The molecule has 0 aliphatic rings. The molecular weight excluding hydrogens is 487 g/mol. The summed E-state index contributed by atoms with van der Waals surface area (Å²) in [6, 6.07) is 4.54. The van der Waals surface area contributed by atoms with Crippen LogP contribution in [0.5, 0.6) is 11.5 Å². The summed E-state index contributed by atoms with van der Waals surface area (Å²) in [5.74, 6) is 0.0924. The molecule has 0 N–H and O–H groups in total. The Balaban J connectivity index is 2.33. The maximum absolute atomic E-state index is 13.2. The van der Waals surface area contributed by atoms with E-state index in [0.717, 1.165) is 10.8 Å². The van der Waals surface area contributed by atoms with E-state index in [4.69, 9.17) is 21.1 Å².